The molecule has 0 bridgehead atoms. The molecule has 2 aromatic heterocycles. The first kappa shape index (κ1) is 20.6. The monoisotopic (exact) mass is 396 g/mol. The van der Waals surface area contributed by atoms with E-state index in [1.54, 1.807) is 16.8 Å². The molecule has 2 amide bonds. The van der Waals surface area contributed by atoms with E-state index < -0.39 is 5.91 Å². The van der Waals surface area contributed by atoms with Crippen LogP contribution in [-0.4, -0.2) is 31.1 Å². The fourth-order valence-electron chi connectivity index (χ4n) is 3.55. The molecule has 0 spiro atoms. The minimum absolute atomic E-state index is 0.164. The van der Waals surface area contributed by atoms with Crippen LogP contribution in [0.1, 0.15) is 72.1 Å². The Kier molecular flexibility index (Phi) is 5.72. The Labute approximate surface area is 170 Å². The van der Waals surface area contributed by atoms with Crippen molar-refractivity contribution in [1.82, 2.24) is 19.3 Å². The van der Waals surface area contributed by atoms with Gasteiger partial charge in [0.25, 0.3) is 5.91 Å². The molecule has 1 aromatic carbocycles. The Bertz CT molecular complexity index is 1080. The number of anilines is 1. The van der Waals surface area contributed by atoms with Crippen LogP contribution in [0.25, 0.3) is 11.0 Å². The third-order valence-electron chi connectivity index (χ3n) is 4.88. The normalized spacial score (nSPS) is 11.4. The first-order valence-corrected chi connectivity index (χ1v) is 9.96. The molecule has 0 saturated heterocycles. The fourth-order valence-corrected chi connectivity index (χ4v) is 3.55. The molecule has 0 aliphatic heterocycles. The fraction of sp³-hybridized carbons (Fsp3) is 0.429. The number of nitrogens with one attached hydrogen (secondary N) is 1. The second-order valence-corrected chi connectivity index (χ2v) is 7.48. The molecule has 8 heteroatoms. The molecule has 0 aliphatic rings. The number of amides is 2. The van der Waals surface area contributed by atoms with Gasteiger partial charge in [-0.2, -0.15) is 5.10 Å². The summed E-state index contributed by atoms with van der Waals surface area (Å²) in [5.41, 5.74) is 9.75. The van der Waals surface area contributed by atoms with Crippen molar-refractivity contribution in [2.75, 3.05) is 5.32 Å². The van der Waals surface area contributed by atoms with Crippen molar-refractivity contribution in [3.63, 3.8) is 0 Å². The van der Waals surface area contributed by atoms with Gasteiger partial charge in [-0.15, -0.1) is 0 Å². The lowest BCUT2D eigenvalue weighted by molar-refractivity contribution is 0.0996. The molecular formula is C21H28N6O2. The van der Waals surface area contributed by atoms with Crippen LogP contribution >= 0.6 is 0 Å². The van der Waals surface area contributed by atoms with Gasteiger partial charge in [-0.25, -0.2) is 4.98 Å². The number of nitrogens with two attached hydrogens (primary N) is 1. The maximum Gasteiger partial charge on any atom is 0.276 e. The van der Waals surface area contributed by atoms with Gasteiger partial charge in [-0.1, -0.05) is 20.8 Å². The zero-order valence-corrected chi connectivity index (χ0v) is 17.6. The summed E-state index contributed by atoms with van der Waals surface area (Å²) >= 11 is 0. The SMILES string of the molecule is CCCn1c(NC(=O)c2cc(C)nn2CC)nc2cc(C(N)=O)cc(C(C)C)c21. The number of imidazole rings is 1. The molecule has 0 aliphatic carbocycles. The third kappa shape index (κ3) is 3.87. The Balaban J connectivity index is 2.14. The summed E-state index contributed by atoms with van der Waals surface area (Å²) in [6.45, 7) is 11.3. The van der Waals surface area contributed by atoms with Crippen molar-refractivity contribution in [3.05, 3.63) is 40.7 Å². The minimum Gasteiger partial charge on any atom is -0.366 e. The van der Waals surface area contributed by atoms with Crippen LogP contribution in [-0.2, 0) is 13.1 Å². The quantitative estimate of drug-likeness (QED) is 0.637. The second-order valence-electron chi connectivity index (χ2n) is 7.48. The van der Waals surface area contributed by atoms with Gasteiger partial charge in [0.15, 0.2) is 0 Å². The molecule has 29 heavy (non-hydrogen) atoms. The summed E-state index contributed by atoms with van der Waals surface area (Å²) in [6, 6.07) is 5.27. The van der Waals surface area contributed by atoms with Gasteiger partial charge < -0.3 is 10.3 Å². The van der Waals surface area contributed by atoms with E-state index in [2.05, 4.69) is 36.2 Å². The number of aromatic nitrogens is 4. The maximum atomic E-state index is 12.9. The number of hydrogen-bond acceptors (Lipinski definition) is 4. The molecule has 0 atom stereocenters. The lowest BCUT2D eigenvalue weighted by atomic mass is 9.98. The number of aryl methyl sites for hydroxylation is 3. The summed E-state index contributed by atoms with van der Waals surface area (Å²) in [6.07, 6.45) is 0.870. The second kappa shape index (κ2) is 8.06. The molecule has 3 N–H and O–H groups in total. The number of rotatable bonds is 7. The maximum absolute atomic E-state index is 12.9. The van der Waals surface area contributed by atoms with Crippen LogP contribution in [0.4, 0.5) is 5.95 Å². The Morgan fingerprint density at radius 3 is 2.52 bits per heavy atom. The zero-order chi connectivity index (χ0) is 21.3. The van der Waals surface area contributed by atoms with Crippen LogP contribution < -0.4 is 11.1 Å². The van der Waals surface area contributed by atoms with Gasteiger partial charge in [0.2, 0.25) is 11.9 Å². The molecule has 0 unspecified atom stereocenters. The molecule has 0 saturated carbocycles. The van der Waals surface area contributed by atoms with Gasteiger partial charge in [0.05, 0.1) is 16.7 Å². The molecule has 3 rings (SSSR count). The number of carbonyl (C=O) groups is 2. The predicted octanol–water partition coefficient (Wildman–Crippen LogP) is 3.45. The molecular weight excluding hydrogens is 368 g/mol. The highest BCUT2D eigenvalue weighted by molar-refractivity contribution is 6.04. The van der Waals surface area contributed by atoms with Crippen molar-refractivity contribution in [2.24, 2.45) is 5.73 Å². The van der Waals surface area contributed by atoms with Gasteiger partial charge >= 0.3 is 0 Å². The smallest absolute Gasteiger partial charge is 0.276 e. The molecule has 0 fully saturated rings. The van der Waals surface area contributed by atoms with Crippen LogP contribution in [0.15, 0.2) is 18.2 Å². The number of primary amides is 1. The van der Waals surface area contributed by atoms with Crippen LogP contribution in [0.5, 0.6) is 0 Å². The number of benzene rings is 1. The van der Waals surface area contributed by atoms with E-state index in [-0.39, 0.29) is 11.8 Å². The zero-order valence-electron chi connectivity index (χ0n) is 17.6. The Morgan fingerprint density at radius 1 is 1.21 bits per heavy atom. The predicted molar refractivity (Wildman–Crippen MR) is 113 cm³/mol. The van der Waals surface area contributed by atoms with Gasteiger partial charge in [0.1, 0.15) is 5.69 Å². The van der Waals surface area contributed by atoms with E-state index in [4.69, 9.17) is 5.73 Å². The van der Waals surface area contributed by atoms with Gasteiger partial charge in [-0.3, -0.25) is 19.6 Å². The summed E-state index contributed by atoms with van der Waals surface area (Å²) in [5, 5.41) is 7.28. The molecule has 3 aromatic rings. The van der Waals surface area contributed by atoms with Crippen LogP contribution in [0, 0.1) is 6.92 Å². The third-order valence-corrected chi connectivity index (χ3v) is 4.88. The van der Waals surface area contributed by atoms with Crippen molar-refractivity contribution >= 4 is 28.8 Å². The number of carbonyl (C=O) groups excluding carboxylic acids is 2. The molecule has 154 valence electrons. The highest BCUT2D eigenvalue weighted by Crippen LogP contribution is 2.30. The average molecular weight is 396 g/mol. The lowest BCUT2D eigenvalue weighted by Gasteiger charge is -2.14. The Hall–Kier alpha value is -3.16. The molecule has 2 heterocycles. The minimum atomic E-state index is -0.494. The number of fused-ring (bicyclic) bond motifs is 1. The summed E-state index contributed by atoms with van der Waals surface area (Å²) in [4.78, 5) is 29.4. The van der Waals surface area contributed by atoms with Crippen molar-refractivity contribution in [3.8, 4) is 0 Å². The van der Waals surface area contributed by atoms with Crippen molar-refractivity contribution in [1.29, 1.82) is 0 Å². The number of hydrogen-bond donors (Lipinski definition) is 2. The van der Waals surface area contributed by atoms with E-state index in [1.165, 1.54) is 0 Å². The van der Waals surface area contributed by atoms with Crippen molar-refractivity contribution in [2.45, 2.75) is 60.0 Å². The van der Waals surface area contributed by atoms with E-state index in [0.29, 0.717) is 35.8 Å². The van der Waals surface area contributed by atoms with Gasteiger partial charge in [-0.05, 0) is 49.9 Å². The van der Waals surface area contributed by atoms with Gasteiger partial charge in [0, 0.05) is 18.7 Å². The van der Waals surface area contributed by atoms with E-state index in [9.17, 15) is 9.59 Å². The van der Waals surface area contributed by atoms with Crippen molar-refractivity contribution < 1.29 is 9.59 Å². The van der Waals surface area contributed by atoms with E-state index in [0.717, 1.165) is 23.2 Å². The lowest BCUT2D eigenvalue weighted by Crippen LogP contribution is -2.20. The van der Waals surface area contributed by atoms with Crippen LogP contribution in [0.2, 0.25) is 0 Å². The van der Waals surface area contributed by atoms with Crippen LogP contribution in [0.3, 0.4) is 0 Å². The standard InChI is InChI=1S/C21H28N6O2/c1-6-8-26-18-15(12(3)4)10-14(19(22)28)11-16(18)23-21(26)24-20(29)17-9-13(5)25-27(17)7-2/h9-12H,6-8H2,1-5H3,(H2,22,28)(H,23,24,29). The van der Waals surface area contributed by atoms with E-state index in [1.807, 2.05) is 24.5 Å². The average Bonchev–Trinajstić information content (AvgIpc) is 3.21. The first-order chi connectivity index (χ1) is 13.8. The highest BCUT2D eigenvalue weighted by Gasteiger charge is 2.21. The number of nitrogens with zero attached hydrogens (tertiary/aromatic N) is 4. The first-order valence-electron chi connectivity index (χ1n) is 9.96. The van der Waals surface area contributed by atoms with E-state index >= 15 is 0 Å². The topological polar surface area (TPSA) is 108 Å². The largest absolute Gasteiger partial charge is 0.366 e. The summed E-state index contributed by atoms with van der Waals surface area (Å²) in [5.74, 6) is -0.137. The summed E-state index contributed by atoms with van der Waals surface area (Å²) in [7, 11) is 0. The molecule has 0 radical (unpaired) electrons. The molecule has 8 nitrogen and oxygen atoms in total. The summed E-state index contributed by atoms with van der Waals surface area (Å²) < 4.78 is 3.68. The highest BCUT2D eigenvalue weighted by atomic mass is 16.2. The Morgan fingerprint density at radius 2 is 1.93 bits per heavy atom.